The molecule has 1 aliphatic carbocycles. The third-order valence-corrected chi connectivity index (χ3v) is 3.11. The highest BCUT2D eigenvalue weighted by atomic mass is 35.5. The van der Waals surface area contributed by atoms with Crippen LogP contribution in [0.2, 0.25) is 0 Å². The number of carbonyl (C=O) groups excluding carboxylic acids is 1. The van der Waals surface area contributed by atoms with Crippen molar-refractivity contribution in [3.8, 4) is 0 Å². The number of carbonyl (C=O) groups is 2. The number of oxime groups is 1. The van der Waals surface area contributed by atoms with Crippen molar-refractivity contribution in [1.82, 2.24) is 0 Å². The summed E-state index contributed by atoms with van der Waals surface area (Å²) in [7, 11) is 0. The van der Waals surface area contributed by atoms with Crippen LogP contribution in [0, 0.1) is 0 Å². The lowest BCUT2D eigenvalue weighted by Gasteiger charge is -2.22. The third-order valence-electron chi connectivity index (χ3n) is 3.11. The normalized spacial score (nSPS) is 23.6. The van der Waals surface area contributed by atoms with E-state index >= 15 is 0 Å². The molecular weight excluding hydrogens is 258 g/mol. The van der Waals surface area contributed by atoms with Gasteiger partial charge in [0.2, 0.25) is 5.78 Å². The van der Waals surface area contributed by atoms with Crippen LogP contribution in [0.15, 0.2) is 29.4 Å². The van der Waals surface area contributed by atoms with Crippen molar-refractivity contribution < 1.29 is 19.9 Å². The smallest absolute Gasteiger partial charge is 0.304 e. The third kappa shape index (κ3) is 1.86. The number of nitrogens with zero attached hydrogens (tertiary/aromatic N) is 1. The first kappa shape index (κ1) is 14.2. The van der Waals surface area contributed by atoms with Gasteiger partial charge in [-0.3, -0.25) is 9.59 Å². The number of carboxylic acids is 1. The van der Waals surface area contributed by atoms with E-state index in [1.807, 2.05) is 0 Å². The average molecular weight is 270 g/mol. The number of halogens is 1. The monoisotopic (exact) mass is 269 g/mol. The zero-order chi connectivity index (χ0) is 12.6. The highest BCUT2D eigenvalue weighted by Crippen LogP contribution is 2.39. The first-order chi connectivity index (χ1) is 8.00. The van der Waals surface area contributed by atoms with Crippen molar-refractivity contribution in [1.29, 1.82) is 0 Å². The molecule has 2 rings (SSSR count). The number of Topliss-reactive ketones (excluding diaryl/α,β-unsaturated/α-hetero) is 1. The fraction of sp³-hybridized carbons (Fsp3) is 0.250. The standard InChI is InChI=1S/C12H11NO4.ClH/c1-12(6-9(14)15)8-5-3-2-4-7(8)10(16)11(12)13-17;/h2-5,17H,6H2,1H3,(H,14,15);1H/b13-11-;. The predicted molar refractivity (Wildman–Crippen MR) is 66.8 cm³/mol. The maximum atomic E-state index is 11.9. The molecule has 0 heterocycles. The molecule has 0 saturated heterocycles. The molecule has 5 nitrogen and oxygen atoms in total. The molecule has 0 bridgehead atoms. The molecule has 2 N–H and O–H groups in total. The Morgan fingerprint density at radius 1 is 1.39 bits per heavy atom. The molecule has 0 radical (unpaired) electrons. The van der Waals surface area contributed by atoms with Crippen LogP contribution in [0.25, 0.3) is 0 Å². The van der Waals surface area contributed by atoms with Crippen LogP contribution in [-0.4, -0.2) is 27.8 Å². The number of ketones is 1. The highest BCUT2D eigenvalue weighted by molar-refractivity contribution is 6.52. The Labute approximate surface area is 110 Å². The minimum absolute atomic E-state index is 0. The Morgan fingerprint density at radius 2 is 2.00 bits per heavy atom. The topological polar surface area (TPSA) is 87.0 Å². The molecule has 1 aliphatic rings. The molecule has 1 aromatic carbocycles. The largest absolute Gasteiger partial charge is 0.481 e. The SMILES string of the molecule is CC1(CC(=O)O)/C(=N\O)C(=O)c2ccccc21.Cl. The summed E-state index contributed by atoms with van der Waals surface area (Å²) in [4.78, 5) is 22.8. The fourth-order valence-corrected chi connectivity index (χ4v) is 2.31. The van der Waals surface area contributed by atoms with Crippen molar-refractivity contribution in [2.24, 2.45) is 5.16 Å². The zero-order valence-corrected chi connectivity index (χ0v) is 10.4. The molecule has 0 amide bonds. The van der Waals surface area contributed by atoms with E-state index in [-0.39, 0.29) is 24.5 Å². The van der Waals surface area contributed by atoms with Crippen molar-refractivity contribution in [2.45, 2.75) is 18.8 Å². The highest BCUT2D eigenvalue weighted by Gasteiger charge is 2.47. The van der Waals surface area contributed by atoms with E-state index in [0.29, 0.717) is 11.1 Å². The summed E-state index contributed by atoms with van der Waals surface area (Å²) in [6, 6.07) is 6.72. The van der Waals surface area contributed by atoms with Crippen molar-refractivity contribution in [2.75, 3.05) is 0 Å². The van der Waals surface area contributed by atoms with Gasteiger partial charge < -0.3 is 10.3 Å². The molecule has 0 saturated carbocycles. The van der Waals surface area contributed by atoms with Gasteiger partial charge in [0.15, 0.2) is 0 Å². The van der Waals surface area contributed by atoms with Crippen LogP contribution in [0.5, 0.6) is 0 Å². The Kier molecular flexibility index (Phi) is 3.76. The first-order valence-corrected chi connectivity index (χ1v) is 5.09. The number of aliphatic carboxylic acids is 1. The minimum atomic E-state index is -1.06. The molecule has 0 aromatic heterocycles. The van der Waals surface area contributed by atoms with E-state index in [1.54, 1.807) is 31.2 Å². The molecule has 0 spiro atoms. The van der Waals surface area contributed by atoms with Crippen LogP contribution >= 0.6 is 12.4 Å². The van der Waals surface area contributed by atoms with Crippen molar-refractivity contribution in [3.63, 3.8) is 0 Å². The summed E-state index contributed by atoms with van der Waals surface area (Å²) in [6.07, 6.45) is -0.283. The molecule has 1 atom stereocenters. The maximum Gasteiger partial charge on any atom is 0.304 e. The minimum Gasteiger partial charge on any atom is -0.481 e. The lowest BCUT2D eigenvalue weighted by atomic mass is 9.79. The van der Waals surface area contributed by atoms with E-state index in [9.17, 15) is 9.59 Å². The number of hydrogen-bond donors (Lipinski definition) is 2. The molecule has 0 aliphatic heterocycles. The van der Waals surface area contributed by atoms with Crippen LogP contribution in [0.1, 0.15) is 29.3 Å². The van der Waals surface area contributed by atoms with Crippen LogP contribution in [0.4, 0.5) is 0 Å². The van der Waals surface area contributed by atoms with Crippen LogP contribution in [-0.2, 0) is 10.2 Å². The molecule has 1 aromatic rings. The molecule has 6 heteroatoms. The lowest BCUT2D eigenvalue weighted by molar-refractivity contribution is -0.137. The van der Waals surface area contributed by atoms with E-state index in [0.717, 1.165) is 0 Å². The van der Waals surface area contributed by atoms with E-state index in [1.165, 1.54) is 0 Å². The van der Waals surface area contributed by atoms with Gasteiger partial charge in [-0.15, -0.1) is 12.4 Å². The Morgan fingerprint density at radius 3 is 2.56 bits per heavy atom. The predicted octanol–water partition coefficient (Wildman–Crippen LogP) is 1.87. The van der Waals surface area contributed by atoms with Gasteiger partial charge in [0.25, 0.3) is 0 Å². The molecule has 18 heavy (non-hydrogen) atoms. The van der Waals surface area contributed by atoms with Gasteiger partial charge in [-0.05, 0) is 12.5 Å². The number of fused-ring (bicyclic) bond motifs is 1. The number of benzene rings is 1. The van der Waals surface area contributed by atoms with Gasteiger partial charge in [0, 0.05) is 5.56 Å². The van der Waals surface area contributed by atoms with E-state index in [2.05, 4.69) is 5.16 Å². The number of hydrogen-bond acceptors (Lipinski definition) is 4. The van der Waals surface area contributed by atoms with Crippen molar-refractivity contribution in [3.05, 3.63) is 35.4 Å². The zero-order valence-electron chi connectivity index (χ0n) is 9.58. The number of rotatable bonds is 2. The fourth-order valence-electron chi connectivity index (χ4n) is 2.31. The number of carboxylic acid groups (broad SMARTS) is 1. The quantitative estimate of drug-likeness (QED) is 0.634. The Balaban J connectivity index is 0.00000162. The summed E-state index contributed by atoms with van der Waals surface area (Å²) in [5.41, 5.74) is -0.167. The van der Waals surface area contributed by atoms with Crippen molar-refractivity contribution >= 4 is 29.9 Å². The summed E-state index contributed by atoms with van der Waals surface area (Å²) in [5, 5.41) is 20.8. The van der Waals surface area contributed by atoms with E-state index < -0.39 is 17.2 Å². The summed E-state index contributed by atoms with van der Waals surface area (Å²) in [6.45, 7) is 1.60. The maximum absolute atomic E-state index is 11.9. The van der Waals surface area contributed by atoms with Gasteiger partial charge >= 0.3 is 5.97 Å². The van der Waals surface area contributed by atoms with Gasteiger partial charge in [0.1, 0.15) is 5.71 Å². The van der Waals surface area contributed by atoms with Gasteiger partial charge in [-0.25, -0.2) is 0 Å². The molecule has 96 valence electrons. The van der Waals surface area contributed by atoms with Gasteiger partial charge in [-0.2, -0.15) is 0 Å². The summed E-state index contributed by atoms with van der Waals surface area (Å²) < 4.78 is 0. The second kappa shape index (κ2) is 4.78. The Bertz CT molecular complexity index is 541. The lowest BCUT2D eigenvalue weighted by Crippen LogP contribution is -2.33. The second-order valence-electron chi connectivity index (χ2n) is 4.23. The summed E-state index contributed by atoms with van der Waals surface area (Å²) in [5.74, 6) is -1.45. The van der Waals surface area contributed by atoms with Gasteiger partial charge in [0.05, 0.1) is 11.8 Å². The van der Waals surface area contributed by atoms with E-state index in [4.69, 9.17) is 10.3 Å². The summed E-state index contributed by atoms with van der Waals surface area (Å²) >= 11 is 0. The molecule has 0 fully saturated rings. The molecular formula is C12H12ClNO4. The second-order valence-corrected chi connectivity index (χ2v) is 4.23. The average Bonchev–Trinajstić information content (AvgIpc) is 2.48. The van der Waals surface area contributed by atoms with Crippen LogP contribution in [0.3, 0.4) is 0 Å². The van der Waals surface area contributed by atoms with Gasteiger partial charge in [-0.1, -0.05) is 29.4 Å². The van der Waals surface area contributed by atoms with Crippen LogP contribution < -0.4 is 0 Å². The Hall–Kier alpha value is -1.88. The molecule has 1 unspecified atom stereocenters. The first-order valence-electron chi connectivity index (χ1n) is 5.09.